The molecule has 1 aromatic heterocycles. The smallest absolute Gasteiger partial charge is 0.338 e. The molecule has 1 amide bonds. The predicted octanol–water partition coefficient (Wildman–Crippen LogP) is 3.32. The summed E-state index contributed by atoms with van der Waals surface area (Å²) in [5.74, 6) is 1.07. The number of aromatic nitrogens is 3. The largest absolute Gasteiger partial charge is 0.497 e. The Morgan fingerprint density at radius 1 is 1.14 bits per heavy atom. The highest BCUT2D eigenvalue weighted by Crippen LogP contribution is 2.36. The van der Waals surface area contributed by atoms with Crippen LogP contribution in [0, 0.1) is 0 Å². The maximum atomic E-state index is 13.6. The molecule has 0 radical (unpaired) electrons. The summed E-state index contributed by atoms with van der Waals surface area (Å²) < 4.78 is 12.0. The molecule has 3 N–H and O–H groups in total. The van der Waals surface area contributed by atoms with Gasteiger partial charge in [0.2, 0.25) is 5.95 Å². The second-order valence-electron chi connectivity index (χ2n) is 8.21. The predicted molar refractivity (Wildman–Crippen MR) is 134 cm³/mol. The van der Waals surface area contributed by atoms with Crippen LogP contribution in [0.1, 0.15) is 48.1 Å². The zero-order valence-electron chi connectivity index (χ0n) is 20.4. The number of benzene rings is 2. The minimum atomic E-state index is -0.540. The van der Waals surface area contributed by atoms with Gasteiger partial charge in [-0.3, -0.25) is 4.79 Å². The average molecular weight is 492 g/mol. The van der Waals surface area contributed by atoms with Crippen LogP contribution < -0.4 is 15.4 Å². The number of anilines is 2. The number of hydrogen-bond donors (Lipinski definition) is 3. The topological polar surface area (TPSA) is 128 Å². The van der Waals surface area contributed by atoms with E-state index in [-0.39, 0.29) is 19.1 Å². The van der Waals surface area contributed by atoms with Gasteiger partial charge in [0.1, 0.15) is 11.8 Å². The van der Waals surface area contributed by atoms with E-state index >= 15 is 0 Å². The molecule has 0 spiro atoms. The van der Waals surface area contributed by atoms with Gasteiger partial charge in [0, 0.05) is 24.4 Å². The first-order valence-electron chi connectivity index (χ1n) is 11.7. The van der Waals surface area contributed by atoms with Crippen molar-refractivity contribution in [3.63, 3.8) is 0 Å². The van der Waals surface area contributed by atoms with Gasteiger partial charge < -0.3 is 25.2 Å². The van der Waals surface area contributed by atoms with Gasteiger partial charge in [-0.2, -0.15) is 10.1 Å². The molecule has 10 heteroatoms. The van der Waals surface area contributed by atoms with Crippen LogP contribution >= 0.6 is 0 Å². The fourth-order valence-electron chi connectivity index (χ4n) is 4.03. The number of rotatable bonds is 9. The third kappa shape index (κ3) is 5.23. The van der Waals surface area contributed by atoms with Crippen LogP contribution in [-0.4, -0.2) is 52.1 Å². The minimum Gasteiger partial charge on any atom is -0.497 e. The van der Waals surface area contributed by atoms with Crippen LogP contribution in [0.15, 0.2) is 59.8 Å². The Labute approximate surface area is 209 Å². The number of nitrogens with one attached hydrogen (secondary N) is 2. The molecule has 3 aromatic rings. The molecular formula is C26H29N5O5. The van der Waals surface area contributed by atoms with E-state index in [0.717, 1.165) is 5.56 Å². The summed E-state index contributed by atoms with van der Waals surface area (Å²) >= 11 is 0. The molecule has 0 unspecified atom stereocenters. The number of aryl methyl sites for hydroxylation is 1. The van der Waals surface area contributed by atoms with Gasteiger partial charge in [0.05, 0.1) is 24.9 Å². The summed E-state index contributed by atoms with van der Waals surface area (Å²) in [5, 5.41) is 20.0. The molecule has 0 fully saturated rings. The van der Waals surface area contributed by atoms with Crippen molar-refractivity contribution in [1.82, 2.24) is 14.8 Å². The van der Waals surface area contributed by atoms with E-state index < -0.39 is 12.0 Å². The normalized spacial score (nSPS) is 14.6. The molecule has 0 saturated heterocycles. The molecule has 10 nitrogen and oxygen atoms in total. The molecule has 36 heavy (non-hydrogen) atoms. The van der Waals surface area contributed by atoms with Gasteiger partial charge in [0.25, 0.3) is 5.91 Å². The number of aliphatic hydroxyl groups is 1. The van der Waals surface area contributed by atoms with Crippen LogP contribution in [0.25, 0.3) is 0 Å². The van der Waals surface area contributed by atoms with Gasteiger partial charge in [-0.05, 0) is 62.2 Å². The molecule has 188 valence electrons. The van der Waals surface area contributed by atoms with E-state index in [2.05, 4.69) is 20.7 Å². The first-order valence-corrected chi connectivity index (χ1v) is 11.7. The number of ether oxygens (including phenoxy) is 2. The van der Waals surface area contributed by atoms with E-state index in [4.69, 9.17) is 9.47 Å². The standard InChI is InChI=1S/C26H29N5O5/c1-4-36-25(34)18-7-11-19(12-8-18)28-24(33)22-16(2)27-26-29-21(6-5-15-32)30-31(26)23(22)17-9-13-20(35-3)14-10-17/h7-14,23,32H,4-6,15H2,1-3H3,(H,28,33)(H,27,29,30)/t23-/m1/s1. The monoisotopic (exact) mass is 491 g/mol. The Morgan fingerprint density at radius 2 is 1.86 bits per heavy atom. The third-order valence-electron chi connectivity index (χ3n) is 5.79. The maximum Gasteiger partial charge on any atom is 0.338 e. The number of aliphatic hydroxyl groups excluding tert-OH is 1. The summed E-state index contributed by atoms with van der Waals surface area (Å²) in [6.07, 6.45) is 1.05. The lowest BCUT2D eigenvalue weighted by atomic mass is 9.95. The number of methoxy groups -OCH3 is 1. The summed E-state index contributed by atoms with van der Waals surface area (Å²) in [4.78, 5) is 30.1. The van der Waals surface area contributed by atoms with Gasteiger partial charge in [-0.1, -0.05) is 12.1 Å². The van der Waals surface area contributed by atoms with Gasteiger partial charge >= 0.3 is 5.97 Å². The molecule has 2 aromatic carbocycles. The molecule has 0 saturated carbocycles. The van der Waals surface area contributed by atoms with Crippen molar-refractivity contribution in [2.45, 2.75) is 32.7 Å². The van der Waals surface area contributed by atoms with Gasteiger partial charge in [0.15, 0.2) is 5.82 Å². The molecule has 1 aliphatic heterocycles. The molecule has 0 aliphatic carbocycles. The lowest BCUT2D eigenvalue weighted by molar-refractivity contribution is -0.113. The second kappa shape index (κ2) is 11.0. The van der Waals surface area contributed by atoms with Crippen molar-refractivity contribution in [3.8, 4) is 5.75 Å². The van der Waals surface area contributed by atoms with Crippen LogP contribution in [0.5, 0.6) is 5.75 Å². The van der Waals surface area contributed by atoms with Crippen LogP contribution in [0.4, 0.5) is 11.6 Å². The molecule has 2 heterocycles. The molecule has 0 bridgehead atoms. The minimum absolute atomic E-state index is 0.0408. The number of esters is 1. The van der Waals surface area contributed by atoms with Crippen molar-refractivity contribution in [2.75, 3.05) is 31.0 Å². The van der Waals surface area contributed by atoms with E-state index in [9.17, 15) is 14.7 Å². The number of allylic oxidation sites excluding steroid dienone is 1. The zero-order valence-corrected chi connectivity index (χ0v) is 20.4. The van der Waals surface area contributed by atoms with E-state index in [1.54, 1.807) is 43.0 Å². The number of carbonyl (C=O) groups is 2. The highest BCUT2D eigenvalue weighted by atomic mass is 16.5. The first-order chi connectivity index (χ1) is 17.4. The fourth-order valence-corrected chi connectivity index (χ4v) is 4.03. The molecule has 1 aliphatic rings. The van der Waals surface area contributed by atoms with Crippen molar-refractivity contribution in [3.05, 3.63) is 76.8 Å². The van der Waals surface area contributed by atoms with Gasteiger partial charge in [-0.25, -0.2) is 9.48 Å². The lowest BCUT2D eigenvalue weighted by Gasteiger charge is -2.28. The summed E-state index contributed by atoms with van der Waals surface area (Å²) in [6.45, 7) is 3.90. The number of fused-ring (bicyclic) bond motifs is 1. The molecule has 1 atom stereocenters. The van der Waals surface area contributed by atoms with Crippen molar-refractivity contribution in [2.24, 2.45) is 0 Å². The number of nitrogens with zero attached hydrogens (tertiary/aromatic N) is 3. The average Bonchev–Trinajstić information content (AvgIpc) is 3.29. The highest BCUT2D eigenvalue weighted by Gasteiger charge is 2.34. The Balaban J connectivity index is 1.66. The van der Waals surface area contributed by atoms with Crippen molar-refractivity contribution >= 4 is 23.5 Å². The molecular weight excluding hydrogens is 462 g/mol. The van der Waals surface area contributed by atoms with Crippen molar-refractivity contribution < 1.29 is 24.2 Å². The summed E-state index contributed by atoms with van der Waals surface area (Å²) in [7, 11) is 1.60. The Hall–Kier alpha value is -4.18. The maximum absolute atomic E-state index is 13.6. The zero-order chi connectivity index (χ0) is 25.7. The quantitative estimate of drug-likeness (QED) is 0.389. The Morgan fingerprint density at radius 3 is 2.50 bits per heavy atom. The first kappa shape index (κ1) is 24.9. The van der Waals surface area contributed by atoms with Gasteiger partial charge in [-0.15, -0.1) is 0 Å². The lowest BCUT2D eigenvalue weighted by Crippen LogP contribution is -2.31. The van der Waals surface area contributed by atoms with Crippen LogP contribution in [-0.2, 0) is 16.0 Å². The Bertz CT molecular complexity index is 1260. The SMILES string of the molecule is CCOC(=O)c1ccc(NC(=O)C2=C(C)Nc3nc(CCCO)nn3[C@@H]2c2ccc(OC)cc2)cc1. The van der Waals surface area contributed by atoms with Crippen molar-refractivity contribution in [1.29, 1.82) is 0 Å². The van der Waals surface area contributed by atoms with Crippen LogP contribution in [0.3, 0.4) is 0 Å². The fraction of sp³-hybridized carbons (Fsp3) is 0.308. The number of carbonyl (C=O) groups excluding carboxylic acids is 2. The van der Waals surface area contributed by atoms with E-state index in [1.165, 1.54) is 0 Å². The number of amides is 1. The summed E-state index contributed by atoms with van der Waals surface area (Å²) in [6, 6.07) is 13.4. The van der Waals surface area contributed by atoms with E-state index in [1.807, 2.05) is 31.2 Å². The Kier molecular flexibility index (Phi) is 7.65. The van der Waals surface area contributed by atoms with E-state index in [0.29, 0.717) is 52.9 Å². The second-order valence-corrected chi connectivity index (χ2v) is 8.21. The highest BCUT2D eigenvalue weighted by molar-refractivity contribution is 6.06. The number of hydrogen-bond acceptors (Lipinski definition) is 8. The van der Waals surface area contributed by atoms with Crippen LogP contribution in [0.2, 0.25) is 0 Å². The molecule has 4 rings (SSSR count). The summed E-state index contributed by atoms with van der Waals surface area (Å²) in [5.41, 5.74) is 2.89. The third-order valence-corrected chi connectivity index (χ3v) is 5.79.